The van der Waals surface area contributed by atoms with E-state index in [1.807, 2.05) is 31.2 Å². The molecule has 1 aromatic carbocycles. The molecule has 0 unspecified atom stereocenters. The summed E-state index contributed by atoms with van der Waals surface area (Å²) in [6, 6.07) is 4.93. The summed E-state index contributed by atoms with van der Waals surface area (Å²) in [5.41, 5.74) is 5.65. The molecule has 0 radical (unpaired) electrons. The van der Waals surface area contributed by atoms with Gasteiger partial charge in [0.05, 0.1) is 11.3 Å². The first-order valence-corrected chi connectivity index (χ1v) is 8.73. The molecule has 8 nitrogen and oxygen atoms in total. The number of nitrogens with two attached hydrogens (primary N) is 1. The third-order valence-electron chi connectivity index (χ3n) is 3.79. The Bertz CT molecular complexity index is 793. The van der Waals surface area contributed by atoms with Crippen molar-refractivity contribution in [3.63, 3.8) is 0 Å². The highest BCUT2D eigenvalue weighted by atomic mass is 32.2. The molecule has 140 valence electrons. The molecule has 2 rings (SSSR count). The van der Waals surface area contributed by atoms with Crippen LogP contribution in [0.2, 0.25) is 0 Å². The molecule has 0 aliphatic carbocycles. The number of aromatic nitrogens is 3. The van der Waals surface area contributed by atoms with Crippen LogP contribution in [-0.2, 0) is 4.79 Å². The van der Waals surface area contributed by atoms with Gasteiger partial charge in [0.25, 0.3) is 0 Å². The lowest BCUT2D eigenvalue weighted by Gasteiger charge is -2.20. The predicted molar refractivity (Wildman–Crippen MR) is 96.5 cm³/mol. The number of rotatable bonds is 6. The number of halogens is 1. The Hall–Kier alpha value is -2.46. The van der Waals surface area contributed by atoms with Gasteiger partial charge in [-0.15, -0.1) is 10.2 Å². The maximum Gasteiger partial charge on any atom is 0.318 e. The first kappa shape index (κ1) is 19.9. The van der Waals surface area contributed by atoms with Gasteiger partial charge in [0.1, 0.15) is 5.82 Å². The summed E-state index contributed by atoms with van der Waals surface area (Å²) < 4.78 is 15.1. The largest absolute Gasteiger partial charge is 0.351 e. The van der Waals surface area contributed by atoms with E-state index in [9.17, 15) is 14.0 Å². The van der Waals surface area contributed by atoms with Gasteiger partial charge < -0.3 is 5.73 Å². The number of nitrogens with one attached hydrogen (secondary N) is 1. The van der Waals surface area contributed by atoms with Gasteiger partial charge in [0.15, 0.2) is 11.0 Å². The molecule has 2 atom stereocenters. The van der Waals surface area contributed by atoms with Crippen molar-refractivity contribution in [2.45, 2.75) is 30.3 Å². The standard InChI is InChI=1S/C16H21FN6O2S/c1-9(22(3)4)13-20-21-16(26-10(2)14(24)19-15(18)25)23(13)12-7-5-11(17)6-8-12/h5-10H,1-4H3,(H3,18,19,24,25)/t9-,10-/m0/s1. The van der Waals surface area contributed by atoms with Crippen LogP contribution in [0.3, 0.4) is 0 Å². The summed E-state index contributed by atoms with van der Waals surface area (Å²) >= 11 is 1.13. The number of primary amides is 1. The molecule has 0 bridgehead atoms. The maximum absolute atomic E-state index is 13.3. The normalized spacial score (nSPS) is 13.5. The van der Waals surface area contributed by atoms with E-state index in [1.54, 1.807) is 23.6 Å². The van der Waals surface area contributed by atoms with Crippen molar-refractivity contribution < 1.29 is 14.0 Å². The Balaban J connectivity index is 2.41. The molecule has 2 aromatic rings. The third kappa shape index (κ3) is 4.58. The van der Waals surface area contributed by atoms with Gasteiger partial charge in [-0.1, -0.05) is 11.8 Å². The molecule has 1 heterocycles. The second-order valence-corrected chi connectivity index (χ2v) is 7.21. The van der Waals surface area contributed by atoms with Crippen molar-refractivity contribution in [3.05, 3.63) is 35.9 Å². The minimum atomic E-state index is -0.913. The van der Waals surface area contributed by atoms with Crippen molar-refractivity contribution in [3.8, 4) is 5.69 Å². The van der Waals surface area contributed by atoms with Crippen LogP contribution in [0.15, 0.2) is 29.4 Å². The van der Waals surface area contributed by atoms with E-state index in [-0.39, 0.29) is 11.9 Å². The van der Waals surface area contributed by atoms with Gasteiger partial charge in [0, 0.05) is 5.69 Å². The van der Waals surface area contributed by atoms with Gasteiger partial charge >= 0.3 is 6.03 Å². The molecule has 0 saturated heterocycles. The van der Waals surface area contributed by atoms with Crippen LogP contribution in [0.4, 0.5) is 9.18 Å². The fourth-order valence-electron chi connectivity index (χ4n) is 2.13. The molecule has 3 N–H and O–H groups in total. The Labute approximate surface area is 154 Å². The summed E-state index contributed by atoms with van der Waals surface area (Å²) in [6.45, 7) is 3.59. The number of urea groups is 1. The van der Waals surface area contributed by atoms with Gasteiger partial charge in [-0.05, 0) is 52.2 Å². The minimum absolute atomic E-state index is 0.0725. The molecule has 0 aliphatic heterocycles. The van der Waals surface area contributed by atoms with Gasteiger partial charge in [-0.25, -0.2) is 9.18 Å². The molecule has 0 saturated carbocycles. The monoisotopic (exact) mass is 380 g/mol. The number of hydrogen-bond acceptors (Lipinski definition) is 6. The first-order valence-electron chi connectivity index (χ1n) is 7.85. The Kier molecular flexibility index (Phi) is 6.32. The van der Waals surface area contributed by atoms with Crippen LogP contribution in [0, 0.1) is 5.82 Å². The number of benzene rings is 1. The summed E-state index contributed by atoms with van der Waals surface area (Å²) in [6.07, 6.45) is 0. The lowest BCUT2D eigenvalue weighted by Crippen LogP contribution is -2.39. The van der Waals surface area contributed by atoms with Crippen molar-refractivity contribution in [1.29, 1.82) is 0 Å². The minimum Gasteiger partial charge on any atom is -0.351 e. The van der Waals surface area contributed by atoms with E-state index in [4.69, 9.17) is 5.73 Å². The van der Waals surface area contributed by atoms with E-state index < -0.39 is 17.2 Å². The highest BCUT2D eigenvalue weighted by Gasteiger charge is 2.24. The maximum atomic E-state index is 13.3. The van der Waals surface area contributed by atoms with E-state index in [0.29, 0.717) is 16.7 Å². The number of nitrogens with zero attached hydrogens (tertiary/aromatic N) is 4. The van der Waals surface area contributed by atoms with Crippen molar-refractivity contribution >= 4 is 23.7 Å². The smallest absolute Gasteiger partial charge is 0.318 e. The topological polar surface area (TPSA) is 106 Å². The average Bonchev–Trinajstić information content (AvgIpc) is 2.97. The highest BCUT2D eigenvalue weighted by molar-refractivity contribution is 8.00. The number of amides is 3. The number of imide groups is 1. The second kappa shape index (κ2) is 8.28. The second-order valence-electron chi connectivity index (χ2n) is 5.91. The molecule has 1 aromatic heterocycles. The van der Waals surface area contributed by atoms with Gasteiger partial charge in [-0.2, -0.15) is 0 Å². The highest BCUT2D eigenvalue weighted by Crippen LogP contribution is 2.29. The molecule has 0 aliphatic rings. The molecular weight excluding hydrogens is 359 g/mol. The molecule has 3 amide bonds. The quantitative estimate of drug-likeness (QED) is 0.739. The van der Waals surface area contributed by atoms with Crippen LogP contribution in [0.25, 0.3) is 5.69 Å². The van der Waals surface area contributed by atoms with Crippen molar-refractivity contribution in [2.24, 2.45) is 5.73 Å². The molecule has 0 fully saturated rings. The number of hydrogen-bond donors (Lipinski definition) is 2. The van der Waals surface area contributed by atoms with Crippen LogP contribution < -0.4 is 11.1 Å². The van der Waals surface area contributed by atoms with Crippen LogP contribution >= 0.6 is 11.8 Å². The van der Waals surface area contributed by atoms with Crippen molar-refractivity contribution in [2.75, 3.05) is 14.1 Å². The van der Waals surface area contributed by atoms with Crippen LogP contribution in [0.5, 0.6) is 0 Å². The summed E-state index contributed by atoms with van der Waals surface area (Å²) in [7, 11) is 3.81. The fourth-order valence-corrected chi connectivity index (χ4v) is 3.00. The molecule has 10 heteroatoms. The van der Waals surface area contributed by atoms with Crippen molar-refractivity contribution in [1.82, 2.24) is 25.0 Å². The third-order valence-corrected chi connectivity index (χ3v) is 4.83. The molecular formula is C16H21FN6O2S. The number of carbonyl (C=O) groups is 2. The van der Waals surface area contributed by atoms with Gasteiger partial charge in [0.2, 0.25) is 5.91 Å². The number of carbonyl (C=O) groups excluding carboxylic acids is 2. The first-order chi connectivity index (χ1) is 12.2. The van der Waals surface area contributed by atoms with E-state index >= 15 is 0 Å². The Morgan fingerprint density at radius 2 is 1.85 bits per heavy atom. The summed E-state index contributed by atoms with van der Waals surface area (Å²) in [5.74, 6) is -0.238. The van der Waals surface area contributed by atoms with E-state index in [0.717, 1.165) is 11.8 Å². The SMILES string of the molecule is C[C@H](Sc1nnc([C@H](C)N(C)C)n1-c1ccc(F)cc1)C(=O)NC(N)=O. The lowest BCUT2D eigenvalue weighted by atomic mass is 10.2. The summed E-state index contributed by atoms with van der Waals surface area (Å²) in [4.78, 5) is 24.8. The van der Waals surface area contributed by atoms with E-state index in [2.05, 4.69) is 10.2 Å². The predicted octanol–water partition coefficient (Wildman–Crippen LogP) is 1.70. The average molecular weight is 380 g/mol. The summed E-state index contributed by atoms with van der Waals surface area (Å²) in [5, 5.41) is 10.3. The fraction of sp³-hybridized carbons (Fsp3) is 0.375. The Morgan fingerprint density at radius 3 is 2.38 bits per heavy atom. The molecule has 0 spiro atoms. The molecule has 26 heavy (non-hydrogen) atoms. The van der Waals surface area contributed by atoms with Crippen LogP contribution in [-0.4, -0.2) is 50.9 Å². The van der Waals surface area contributed by atoms with E-state index in [1.165, 1.54) is 12.1 Å². The Morgan fingerprint density at radius 1 is 1.23 bits per heavy atom. The zero-order valence-electron chi connectivity index (χ0n) is 14.9. The van der Waals surface area contributed by atoms with Crippen LogP contribution in [0.1, 0.15) is 25.7 Å². The zero-order valence-corrected chi connectivity index (χ0v) is 15.7. The lowest BCUT2D eigenvalue weighted by molar-refractivity contribution is -0.119. The van der Waals surface area contributed by atoms with Gasteiger partial charge in [-0.3, -0.25) is 19.6 Å². The number of thioether (sulfide) groups is 1. The zero-order chi connectivity index (χ0) is 19.4.